The van der Waals surface area contributed by atoms with Crippen molar-refractivity contribution in [3.05, 3.63) is 58.1 Å². The van der Waals surface area contributed by atoms with Crippen molar-refractivity contribution in [3.63, 3.8) is 0 Å². The van der Waals surface area contributed by atoms with Crippen molar-refractivity contribution >= 4 is 27.3 Å². The summed E-state index contributed by atoms with van der Waals surface area (Å²) in [5.74, 6) is 0. The Balaban J connectivity index is 2.25. The van der Waals surface area contributed by atoms with Crippen LogP contribution in [0.4, 0.5) is 11.4 Å². The van der Waals surface area contributed by atoms with Gasteiger partial charge in [0.2, 0.25) is 0 Å². The molecule has 96 valence electrons. The fourth-order valence-corrected chi connectivity index (χ4v) is 2.42. The molecule has 0 unspecified atom stereocenters. The first-order chi connectivity index (χ1) is 9.10. The van der Waals surface area contributed by atoms with E-state index in [1.165, 1.54) is 5.56 Å². The summed E-state index contributed by atoms with van der Waals surface area (Å²) in [6, 6.07) is 15.7. The van der Waals surface area contributed by atoms with Gasteiger partial charge in [-0.2, -0.15) is 5.26 Å². The molecule has 0 atom stereocenters. The third kappa shape index (κ3) is 3.27. The van der Waals surface area contributed by atoms with Crippen LogP contribution in [-0.4, -0.2) is 7.05 Å². The van der Waals surface area contributed by atoms with Gasteiger partial charge in [0, 0.05) is 23.8 Å². The Morgan fingerprint density at radius 1 is 1.26 bits per heavy atom. The van der Waals surface area contributed by atoms with Crippen LogP contribution in [0.5, 0.6) is 0 Å². The third-order valence-corrected chi connectivity index (χ3v) is 3.35. The van der Waals surface area contributed by atoms with Crippen LogP contribution in [0.1, 0.15) is 11.1 Å². The molecular weight excluding hydrogens is 302 g/mol. The van der Waals surface area contributed by atoms with E-state index in [1.54, 1.807) is 6.07 Å². The first kappa shape index (κ1) is 13.4. The van der Waals surface area contributed by atoms with Gasteiger partial charge in [-0.3, -0.25) is 0 Å². The maximum absolute atomic E-state index is 9.16. The first-order valence-corrected chi connectivity index (χ1v) is 6.64. The van der Waals surface area contributed by atoms with E-state index in [9.17, 15) is 0 Å². The minimum Gasteiger partial charge on any atom is -0.399 e. The SMILES string of the molecule is CN(Cc1cccc(Br)c1)c1ccc(N)cc1C#N. The molecular formula is C15H14BrN3. The quantitative estimate of drug-likeness (QED) is 0.881. The second-order valence-corrected chi connectivity index (χ2v) is 5.29. The summed E-state index contributed by atoms with van der Waals surface area (Å²) in [5, 5.41) is 9.16. The molecule has 0 aromatic heterocycles. The zero-order chi connectivity index (χ0) is 13.8. The Kier molecular flexibility index (Phi) is 4.08. The molecule has 2 N–H and O–H groups in total. The molecule has 0 bridgehead atoms. The number of hydrogen-bond acceptors (Lipinski definition) is 3. The molecule has 0 fully saturated rings. The number of rotatable bonds is 3. The van der Waals surface area contributed by atoms with E-state index in [1.807, 2.05) is 36.2 Å². The van der Waals surface area contributed by atoms with Crippen LogP contribution in [0, 0.1) is 11.3 Å². The summed E-state index contributed by atoms with van der Waals surface area (Å²) >= 11 is 3.46. The standard InChI is InChI=1S/C15H14BrN3/c1-19(10-11-3-2-4-13(16)7-11)15-6-5-14(18)8-12(15)9-17/h2-8H,10,18H2,1H3. The lowest BCUT2D eigenvalue weighted by atomic mass is 10.1. The number of nitriles is 1. The molecule has 2 rings (SSSR count). The van der Waals surface area contributed by atoms with E-state index in [-0.39, 0.29) is 0 Å². The van der Waals surface area contributed by atoms with E-state index < -0.39 is 0 Å². The van der Waals surface area contributed by atoms with Crippen LogP contribution in [0.3, 0.4) is 0 Å². The largest absolute Gasteiger partial charge is 0.399 e. The molecule has 0 radical (unpaired) electrons. The highest BCUT2D eigenvalue weighted by molar-refractivity contribution is 9.10. The van der Waals surface area contributed by atoms with Gasteiger partial charge in [0.1, 0.15) is 6.07 Å². The van der Waals surface area contributed by atoms with Gasteiger partial charge in [0.05, 0.1) is 11.3 Å². The number of halogens is 1. The van der Waals surface area contributed by atoms with Crippen molar-refractivity contribution in [3.8, 4) is 6.07 Å². The molecule has 19 heavy (non-hydrogen) atoms. The molecule has 0 aliphatic carbocycles. The fraction of sp³-hybridized carbons (Fsp3) is 0.133. The Morgan fingerprint density at radius 3 is 2.74 bits per heavy atom. The highest BCUT2D eigenvalue weighted by atomic mass is 79.9. The predicted molar refractivity (Wildman–Crippen MR) is 81.8 cm³/mol. The Labute approximate surface area is 121 Å². The fourth-order valence-electron chi connectivity index (χ4n) is 1.97. The monoisotopic (exact) mass is 315 g/mol. The van der Waals surface area contributed by atoms with Gasteiger partial charge < -0.3 is 10.6 Å². The highest BCUT2D eigenvalue weighted by Gasteiger charge is 2.08. The molecule has 0 saturated heterocycles. The van der Waals surface area contributed by atoms with E-state index in [0.717, 1.165) is 16.7 Å². The van der Waals surface area contributed by atoms with E-state index in [0.29, 0.717) is 11.3 Å². The van der Waals surface area contributed by atoms with E-state index >= 15 is 0 Å². The van der Waals surface area contributed by atoms with Crippen molar-refractivity contribution in [2.24, 2.45) is 0 Å². The lowest BCUT2D eigenvalue weighted by molar-refractivity contribution is 0.920. The van der Waals surface area contributed by atoms with E-state index in [2.05, 4.69) is 34.1 Å². The number of hydrogen-bond donors (Lipinski definition) is 1. The van der Waals surface area contributed by atoms with Crippen LogP contribution < -0.4 is 10.6 Å². The molecule has 2 aromatic carbocycles. The second kappa shape index (κ2) is 5.77. The minimum atomic E-state index is 0.595. The molecule has 0 amide bonds. The van der Waals surface area contributed by atoms with Gasteiger partial charge in [-0.1, -0.05) is 28.1 Å². The van der Waals surface area contributed by atoms with Crippen LogP contribution >= 0.6 is 15.9 Å². The van der Waals surface area contributed by atoms with Gasteiger partial charge >= 0.3 is 0 Å². The Hall–Kier alpha value is -1.99. The summed E-state index contributed by atoms with van der Waals surface area (Å²) in [5.41, 5.74) is 8.97. The number of anilines is 2. The Morgan fingerprint density at radius 2 is 2.05 bits per heavy atom. The summed E-state index contributed by atoms with van der Waals surface area (Å²) in [4.78, 5) is 2.04. The molecule has 0 saturated carbocycles. The zero-order valence-corrected chi connectivity index (χ0v) is 12.2. The highest BCUT2D eigenvalue weighted by Crippen LogP contribution is 2.23. The summed E-state index contributed by atoms with van der Waals surface area (Å²) in [7, 11) is 1.97. The van der Waals surface area contributed by atoms with Gasteiger partial charge in [0.25, 0.3) is 0 Å². The zero-order valence-electron chi connectivity index (χ0n) is 10.6. The van der Waals surface area contributed by atoms with Crippen molar-refractivity contribution in [1.82, 2.24) is 0 Å². The summed E-state index contributed by atoms with van der Waals surface area (Å²) in [6.07, 6.45) is 0. The summed E-state index contributed by atoms with van der Waals surface area (Å²) in [6.45, 7) is 0.734. The Bertz CT molecular complexity index is 632. The number of nitrogens with two attached hydrogens (primary N) is 1. The molecule has 0 aliphatic heterocycles. The average molecular weight is 316 g/mol. The van der Waals surface area contributed by atoms with Crippen LogP contribution in [0.15, 0.2) is 46.9 Å². The smallest absolute Gasteiger partial charge is 0.101 e. The van der Waals surface area contributed by atoms with Gasteiger partial charge in [-0.15, -0.1) is 0 Å². The lowest BCUT2D eigenvalue weighted by Gasteiger charge is -2.21. The van der Waals surface area contributed by atoms with Crippen LogP contribution in [0.2, 0.25) is 0 Å². The van der Waals surface area contributed by atoms with Crippen molar-refractivity contribution < 1.29 is 0 Å². The van der Waals surface area contributed by atoms with Gasteiger partial charge in [-0.25, -0.2) is 0 Å². The van der Waals surface area contributed by atoms with Crippen LogP contribution in [-0.2, 0) is 6.54 Å². The molecule has 3 nitrogen and oxygen atoms in total. The molecule has 0 heterocycles. The number of nitrogen functional groups attached to an aromatic ring is 1. The van der Waals surface area contributed by atoms with Crippen molar-refractivity contribution in [1.29, 1.82) is 5.26 Å². The van der Waals surface area contributed by atoms with Crippen molar-refractivity contribution in [2.75, 3.05) is 17.7 Å². The van der Waals surface area contributed by atoms with Gasteiger partial charge in [0.15, 0.2) is 0 Å². The second-order valence-electron chi connectivity index (χ2n) is 4.37. The first-order valence-electron chi connectivity index (χ1n) is 5.85. The minimum absolute atomic E-state index is 0.595. The normalized spacial score (nSPS) is 9.95. The topological polar surface area (TPSA) is 53.0 Å². The van der Waals surface area contributed by atoms with Crippen LogP contribution in [0.25, 0.3) is 0 Å². The average Bonchev–Trinajstić information content (AvgIpc) is 2.38. The van der Waals surface area contributed by atoms with Crippen molar-refractivity contribution in [2.45, 2.75) is 6.54 Å². The summed E-state index contributed by atoms with van der Waals surface area (Å²) < 4.78 is 1.05. The number of nitrogens with zero attached hydrogens (tertiary/aromatic N) is 2. The lowest BCUT2D eigenvalue weighted by Crippen LogP contribution is -2.17. The third-order valence-electron chi connectivity index (χ3n) is 2.86. The molecule has 0 aliphatic rings. The maximum atomic E-state index is 9.16. The maximum Gasteiger partial charge on any atom is 0.101 e. The molecule has 0 spiro atoms. The van der Waals surface area contributed by atoms with E-state index in [4.69, 9.17) is 11.0 Å². The molecule has 4 heteroatoms. The molecule has 2 aromatic rings. The number of benzene rings is 2. The predicted octanol–water partition coefficient (Wildman–Crippen LogP) is 3.54. The van der Waals surface area contributed by atoms with Gasteiger partial charge in [-0.05, 0) is 35.9 Å².